The largest absolute Gasteiger partial charge is 0.342 e. The van der Waals surface area contributed by atoms with E-state index in [-0.39, 0.29) is 23.6 Å². The van der Waals surface area contributed by atoms with Gasteiger partial charge in [0.25, 0.3) is 0 Å². The van der Waals surface area contributed by atoms with Gasteiger partial charge in [0.05, 0.1) is 6.42 Å². The summed E-state index contributed by atoms with van der Waals surface area (Å²) >= 11 is 0. The Morgan fingerprint density at radius 3 is 2.77 bits per heavy atom. The zero-order valence-corrected chi connectivity index (χ0v) is 12.7. The molecule has 0 saturated carbocycles. The van der Waals surface area contributed by atoms with Gasteiger partial charge < -0.3 is 4.90 Å². The summed E-state index contributed by atoms with van der Waals surface area (Å²) in [6.07, 6.45) is 3.84. The molecule has 2 aromatic rings. The van der Waals surface area contributed by atoms with Crippen molar-refractivity contribution in [1.29, 1.82) is 0 Å². The topological polar surface area (TPSA) is 49.0 Å². The van der Waals surface area contributed by atoms with Crippen LogP contribution in [0.25, 0.3) is 0 Å². The third kappa shape index (κ3) is 3.03. The van der Waals surface area contributed by atoms with Gasteiger partial charge in [-0.1, -0.05) is 19.1 Å². The van der Waals surface area contributed by atoms with E-state index in [4.69, 9.17) is 0 Å². The molecule has 1 aliphatic heterocycles. The van der Waals surface area contributed by atoms with Crippen LogP contribution in [0.15, 0.2) is 36.5 Å². The number of amides is 1. The summed E-state index contributed by atoms with van der Waals surface area (Å²) in [4.78, 5) is 14.2. The summed E-state index contributed by atoms with van der Waals surface area (Å²) in [5.74, 6) is -0.229. The highest BCUT2D eigenvalue weighted by atomic mass is 19.1. The minimum absolute atomic E-state index is 0.0478. The first kappa shape index (κ1) is 14.8. The van der Waals surface area contributed by atoms with Gasteiger partial charge in [0.1, 0.15) is 5.82 Å². The normalized spacial score (nSPS) is 17.5. The van der Waals surface area contributed by atoms with E-state index in [0.29, 0.717) is 0 Å². The molecule has 1 saturated heterocycles. The number of halogens is 1. The summed E-state index contributed by atoms with van der Waals surface area (Å²) in [6, 6.07) is 8.26. The lowest BCUT2D eigenvalue weighted by Gasteiger charge is -2.38. The van der Waals surface area contributed by atoms with Crippen LogP contribution in [0.5, 0.6) is 0 Å². The third-order valence-electron chi connectivity index (χ3n) is 4.62. The van der Waals surface area contributed by atoms with E-state index in [1.165, 1.54) is 12.1 Å². The second-order valence-corrected chi connectivity index (χ2v) is 6.22. The lowest BCUT2D eigenvalue weighted by Crippen LogP contribution is -2.44. The fourth-order valence-electron chi connectivity index (χ4n) is 3.04. The van der Waals surface area contributed by atoms with Gasteiger partial charge >= 0.3 is 0 Å². The van der Waals surface area contributed by atoms with Crippen LogP contribution in [0, 0.1) is 5.82 Å². The Morgan fingerprint density at radius 1 is 1.36 bits per heavy atom. The van der Waals surface area contributed by atoms with E-state index in [0.717, 1.165) is 37.2 Å². The van der Waals surface area contributed by atoms with Crippen molar-refractivity contribution in [2.75, 3.05) is 13.1 Å². The van der Waals surface area contributed by atoms with Crippen molar-refractivity contribution >= 4 is 5.91 Å². The number of aromatic nitrogens is 2. The molecule has 0 radical (unpaired) electrons. The number of hydrogen-bond acceptors (Lipinski definition) is 2. The minimum atomic E-state index is -0.296. The van der Waals surface area contributed by atoms with E-state index >= 15 is 0 Å². The zero-order chi connectivity index (χ0) is 15.6. The quantitative estimate of drug-likeness (QED) is 0.947. The molecule has 5 heteroatoms. The second-order valence-electron chi connectivity index (χ2n) is 6.22. The molecule has 0 aliphatic carbocycles. The minimum Gasteiger partial charge on any atom is -0.342 e. The maximum absolute atomic E-state index is 13.2. The highest BCUT2D eigenvalue weighted by Crippen LogP contribution is 2.33. The van der Waals surface area contributed by atoms with E-state index in [1.54, 1.807) is 18.3 Å². The number of carbonyl (C=O) groups excluding carboxylic acids is 1. The van der Waals surface area contributed by atoms with Crippen LogP contribution in [0.2, 0.25) is 0 Å². The van der Waals surface area contributed by atoms with Crippen LogP contribution in [-0.4, -0.2) is 34.1 Å². The first-order valence-electron chi connectivity index (χ1n) is 7.59. The fraction of sp³-hybridized carbons (Fsp3) is 0.412. The molecule has 1 amide bonds. The number of benzene rings is 1. The second kappa shape index (κ2) is 5.91. The smallest absolute Gasteiger partial charge is 0.226 e. The lowest BCUT2D eigenvalue weighted by atomic mass is 9.77. The van der Waals surface area contributed by atoms with Crippen LogP contribution >= 0.6 is 0 Å². The van der Waals surface area contributed by atoms with Crippen molar-refractivity contribution in [3.8, 4) is 0 Å². The van der Waals surface area contributed by atoms with Crippen molar-refractivity contribution < 1.29 is 9.18 Å². The van der Waals surface area contributed by atoms with Crippen LogP contribution < -0.4 is 0 Å². The predicted octanol–water partition coefficient (Wildman–Crippen LogP) is 2.67. The Balaban J connectivity index is 1.60. The Kier molecular flexibility index (Phi) is 3.96. The number of likely N-dealkylation sites (tertiary alicyclic amines) is 1. The number of nitrogens with one attached hydrogen (secondary N) is 1. The SMILES string of the molecule is CC1(c2ccn[nH]2)CCN(C(=O)Cc2cccc(F)c2)CC1. The van der Waals surface area contributed by atoms with Gasteiger partial charge in [-0.15, -0.1) is 0 Å². The Bertz CT molecular complexity index is 646. The maximum atomic E-state index is 13.2. The molecule has 0 bridgehead atoms. The lowest BCUT2D eigenvalue weighted by molar-refractivity contribution is -0.132. The molecule has 116 valence electrons. The van der Waals surface area contributed by atoms with Crippen molar-refractivity contribution in [3.63, 3.8) is 0 Å². The van der Waals surface area contributed by atoms with Gasteiger partial charge in [0.15, 0.2) is 0 Å². The summed E-state index contributed by atoms with van der Waals surface area (Å²) < 4.78 is 13.2. The molecule has 1 aromatic heterocycles. The fourth-order valence-corrected chi connectivity index (χ4v) is 3.04. The summed E-state index contributed by atoms with van der Waals surface area (Å²) in [7, 11) is 0. The number of nitrogens with zero attached hydrogens (tertiary/aromatic N) is 2. The number of H-pyrrole nitrogens is 1. The van der Waals surface area contributed by atoms with Crippen molar-refractivity contribution in [2.24, 2.45) is 0 Å². The summed E-state index contributed by atoms with van der Waals surface area (Å²) in [6.45, 7) is 3.65. The molecule has 0 unspecified atom stereocenters. The van der Waals surface area contributed by atoms with Crippen LogP contribution in [0.3, 0.4) is 0 Å². The van der Waals surface area contributed by atoms with Gasteiger partial charge in [-0.3, -0.25) is 9.89 Å². The van der Waals surface area contributed by atoms with Gasteiger partial charge in [0.2, 0.25) is 5.91 Å². The first-order chi connectivity index (χ1) is 10.6. The summed E-state index contributed by atoms with van der Waals surface area (Å²) in [5, 5.41) is 7.06. The van der Waals surface area contributed by atoms with Crippen LogP contribution in [0.1, 0.15) is 31.0 Å². The third-order valence-corrected chi connectivity index (χ3v) is 4.62. The van der Waals surface area contributed by atoms with E-state index in [9.17, 15) is 9.18 Å². The number of aromatic amines is 1. The predicted molar refractivity (Wildman–Crippen MR) is 81.9 cm³/mol. The number of hydrogen-bond donors (Lipinski definition) is 1. The molecule has 0 spiro atoms. The number of piperidine rings is 1. The molecule has 1 N–H and O–H groups in total. The molecule has 2 heterocycles. The van der Waals surface area contributed by atoms with Gasteiger partial charge in [-0.25, -0.2) is 4.39 Å². The molecule has 3 rings (SSSR count). The van der Waals surface area contributed by atoms with Gasteiger partial charge in [0, 0.05) is 30.4 Å². The average molecular weight is 301 g/mol. The molecular weight excluding hydrogens is 281 g/mol. The van der Waals surface area contributed by atoms with Crippen molar-refractivity contribution in [2.45, 2.75) is 31.6 Å². The zero-order valence-electron chi connectivity index (χ0n) is 12.7. The van der Waals surface area contributed by atoms with Crippen LogP contribution in [0.4, 0.5) is 4.39 Å². The number of rotatable bonds is 3. The standard InChI is InChI=1S/C17H20FN3O/c1-17(15-5-8-19-20-15)6-9-21(10-7-17)16(22)12-13-3-2-4-14(18)11-13/h2-5,8,11H,6-7,9-10,12H2,1H3,(H,19,20). The number of carbonyl (C=O) groups is 1. The Morgan fingerprint density at radius 2 is 2.14 bits per heavy atom. The van der Waals surface area contributed by atoms with Crippen molar-refractivity contribution in [3.05, 3.63) is 53.6 Å². The Hall–Kier alpha value is -2.17. The van der Waals surface area contributed by atoms with Crippen LogP contribution in [-0.2, 0) is 16.6 Å². The molecular formula is C17H20FN3O. The summed E-state index contributed by atoms with van der Waals surface area (Å²) in [5.41, 5.74) is 1.91. The van der Waals surface area contributed by atoms with E-state index in [2.05, 4.69) is 17.1 Å². The average Bonchev–Trinajstić information content (AvgIpc) is 3.03. The highest BCUT2D eigenvalue weighted by molar-refractivity contribution is 5.78. The van der Waals surface area contributed by atoms with Gasteiger partial charge in [-0.2, -0.15) is 5.10 Å². The molecule has 0 atom stereocenters. The van der Waals surface area contributed by atoms with Crippen molar-refractivity contribution in [1.82, 2.24) is 15.1 Å². The Labute approximate surface area is 129 Å². The molecule has 1 fully saturated rings. The highest BCUT2D eigenvalue weighted by Gasteiger charge is 2.34. The van der Waals surface area contributed by atoms with E-state index in [1.807, 2.05) is 11.0 Å². The first-order valence-corrected chi connectivity index (χ1v) is 7.59. The molecule has 4 nitrogen and oxygen atoms in total. The maximum Gasteiger partial charge on any atom is 0.226 e. The molecule has 1 aliphatic rings. The van der Waals surface area contributed by atoms with Gasteiger partial charge in [-0.05, 0) is 36.6 Å². The molecule has 22 heavy (non-hydrogen) atoms. The molecule has 1 aromatic carbocycles. The van der Waals surface area contributed by atoms with E-state index < -0.39 is 0 Å². The monoisotopic (exact) mass is 301 g/mol.